The van der Waals surface area contributed by atoms with E-state index in [0.717, 1.165) is 12.0 Å². The predicted molar refractivity (Wildman–Crippen MR) is 78.5 cm³/mol. The summed E-state index contributed by atoms with van der Waals surface area (Å²) in [6.07, 6.45) is 0.744. The van der Waals surface area contributed by atoms with Crippen molar-refractivity contribution in [3.05, 3.63) is 59.5 Å². The van der Waals surface area contributed by atoms with Crippen LogP contribution in [0.1, 0.15) is 21.9 Å². The molecule has 0 unspecified atom stereocenters. The van der Waals surface area contributed by atoms with Crippen molar-refractivity contribution in [1.29, 1.82) is 0 Å². The lowest BCUT2D eigenvalue weighted by Crippen LogP contribution is -2.27. The number of carbonyl (C=O) groups is 2. The number of benzene rings is 1. The van der Waals surface area contributed by atoms with Crippen LogP contribution in [-0.2, 0) is 22.5 Å². The van der Waals surface area contributed by atoms with E-state index in [1.807, 2.05) is 30.3 Å². The number of furan rings is 1. The highest BCUT2D eigenvalue weighted by Gasteiger charge is 2.09. The first-order chi connectivity index (χ1) is 10.6. The second kappa shape index (κ2) is 7.99. The van der Waals surface area contributed by atoms with Gasteiger partial charge in [-0.05, 0) is 24.1 Å². The molecule has 22 heavy (non-hydrogen) atoms. The summed E-state index contributed by atoms with van der Waals surface area (Å²) < 4.78 is 10.3. The number of amides is 1. The van der Waals surface area contributed by atoms with Crippen molar-refractivity contribution in [2.24, 2.45) is 0 Å². The minimum atomic E-state index is -1.14. The molecule has 6 nitrogen and oxygen atoms in total. The molecule has 6 heteroatoms. The number of carbonyl (C=O) groups excluding carboxylic acids is 1. The van der Waals surface area contributed by atoms with Gasteiger partial charge in [0, 0.05) is 0 Å². The van der Waals surface area contributed by atoms with Crippen LogP contribution in [0.3, 0.4) is 0 Å². The minimum absolute atomic E-state index is 0.0423. The van der Waals surface area contributed by atoms with Crippen LogP contribution in [0.5, 0.6) is 0 Å². The van der Waals surface area contributed by atoms with Crippen molar-refractivity contribution in [3.8, 4) is 0 Å². The monoisotopic (exact) mass is 303 g/mol. The summed E-state index contributed by atoms with van der Waals surface area (Å²) in [5.74, 6) is -1.18. The van der Waals surface area contributed by atoms with E-state index in [1.165, 1.54) is 12.1 Å². The van der Waals surface area contributed by atoms with E-state index in [-0.39, 0.29) is 24.8 Å². The van der Waals surface area contributed by atoms with Gasteiger partial charge in [0.15, 0.2) is 0 Å². The molecule has 0 bridgehead atoms. The Kier molecular flexibility index (Phi) is 5.73. The van der Waals surface area contributed by atoms with E-state index in [2.05, 4.69) is 5.32 Å². The van der Waals surface area contributed by atoms with E-state index in [9.17, 15) is 9.59 Å². The minimum Gasteiger partial charge on any atom is -0.475 e. The van der Waals surface area contributed by atoms with E-state index in [1.54, 1.807) is 0 Å². The lowest BCUT2D eigenvalue weighted by atomic mass is 10.2. The first-order valence-corrected chi connectivity index (χ1v) is 6.85. The van der Waals surface area contributed by atoms with Gasteiger partial charge in [0.1, 0.15) is 12.4 Å². The number of carboxylic acid groups (broad SMARTS) is 1. The van der Waals surface area contributed by atoms with Crippen molar-refractivity contribution in [1.82, 2.24) is 5.32 Å². The number of ether oxygens (including phenoxy) is 1. The summed E-state index contributed by atoms with van der Waals surface area (Å²) in [5.41, 5.74) is 1.15. The van der Waals surface area contributed by atoms with E-state index in [4.69, 9.17) is 14.3 Å². The average molecular weight is 303 g/mol. The van der Waals surface area contributed by atoms with Gasteiger partial charge in [-0.1, -0.05) is 30.3 Å². The molecular formula is C16H17NO5. The Morgan fingerprint density at radius 1 is 1.14 bits per heavy atom. The molecule has 0 saturated carbocycles. The fraction of sp³-hybridized carbons (Fsp3) is 0.250. The van der Waals surface area contributed by atoms with Crippen LogP contribution < -0.4 is 5.32 Å². The summed E-state index contributed by atoms with van der Waals surface area (Å²) in [7, 11) is 0. The normalized spacial score (nSPS) is 10.4. The van der Waals surface area contributed by atoms with Crippen LogP contribution in [0.15, 0.2) is 46.9 Å². The smallest absolute Gasteiger partial charge is 0.371 e. The van der Waals surface area contributed by atoms with E-state index >= 15 is 0 Å². The quantitative estimate of drug-likeness (QED) is 0.727. The zero-order valence-electron chi connectivity index (χ0n) is 12.0. The number of rotatable bonds is 8. The molecule has 1 aromatic carbocycles. The first kappa shape index (κ1) is 15.8. The highest BCUT2D eigenvalue weighted by Crippen LogP contribution is 2.07. The zero-order chi connectivity index (χ0) is 15.8. The van der Waals surface area contributed by atoms with Gasteiger partial charge >= 0.3 is 5.97 Å². The van der Waals surface area contributed by atoms with Gasteiger partial charge in [-0.3, -0.25) is 4.79 Å². The third-order valence-electron chi connectivity index (χ3n) is 2.94. The highest BCUT2D eigenvalue weighted by molar-refractivity contribution is 5.84. The Morgan fingerprint density at radius 3 is 2.59 bits per heavy atom. The summed E-state index contributed by atoms with van der Waals surface area (Å²) in [5, 5.41) is 11.3. The fourth-order valence-corrected chi connectivity index (χ4v) is 1.82. The van der Waals surface area contributed by atoms with Crippen LogP contribution in [0.2, 0.25) is 0 Å². The lowest BCUT2D eigenvalue weighted by Gasteiger charge is -2.05. The van der Waals surface area contributed by atoms with Crippen LogP contribution in [0, 0.1) is 0 Å². The number of nitrogens with one attached hydrogen (secondary N) is 1. The number of aromatic carboxylic acids is 1. The average Bonchev–Trinajstić information content (AvgIpc) is 3.00. The van der Waals surface area contributed by atoms with Crippen LogP contribution in [0.25, 0.3) is 0 Å². The van der Waals surface area contributed by atoms with Crippen LogP contribution >= 0.6 is 0 Å². The Balaban J connectivity index is 1.62. The molecule has 1 amide bonds. The number of carboxylic acids is 1. The van der Waals surface area contributed by atoms with Crippen molar-refractivity contribution >= 4 is 11.9 Å². The van der Waals surface area contributed by atoms with Gasteiger partial charge in [0.05, 0.1) is 13.2 Å². The van der Waals surface area contributed by atoms with Crippen LogP contribution in [-0.4, -0.2) is 30.2 Å². The second-order valence-electron chi connectivity index (χ2n) is 4.64. The molecule has 1 heterocycles. The van der Waals surface area contributed by atoms with Crippen LogP contribution in [0.4, 0.5) is 0 Å². The van der Waals surface area contributed by atoms with Gasteiger partial charge in [-0.2, -0.15) is 0 Å². The Hall–Kier alpha value is -2.60. The fourth-order valence-electron chi connectivity index (χ4n) is 1.82. The Morgan fingerprint density at radius 2 is 1.91 bits per heavy atom. The van der Waals surface area contributed by atoms with Crippen molar-refractivity contribution in [2.75, 3.05) is 13.2 Å². The van der Waals surface area contributed by atoms with E-state index in [0.29, 0.717) is 12.4 Å². The summed E-state index contributed by atoms with van der Waals surface area (Å²) in [6.45, 7) is 0.550. The maximum Gasteiger partial charge on any atom is 0.371 e. The third-order valence-corrected chi connectivity index (χ3v) is 2.94. The SMILES string of the molecule is O=C(COCCc1ccccc1)NCc1ccc(C(=O)O)o1. The standard InChI is InChI=1S/C16H17NO5/c18-15(11-21-9-8-12-4-2-1-3-5-12)17-10-13-6-7-14(22-13)16(19)20/h1-7H,8-11H2,(H,17,18)(H,19,20). The summed E-state index contributed by atoms with van der Waals surface area (Å²) in [4.78, 5) is 22.2. The maximum atomic E-state index is 11.6. The molecule has 0 spiro atoms. The van der Waals surface area contributed by atoms with Crippen molar-refractivity contribution < 1.29 is 23.8 Å². The topological polar surface area (TPSA) is 88.8 Å². The maximum absolute atomic E-state index is 11.6. The zero-order valence-corrected chi connectivity index (χ0v) is 12.0. The number of hydrogen-bond acceptors (Lipinski definition) is 4. The van der Waals surface area contributed by atoms with Crippen molar-refractivity contribution in [3.63, 3.8) is 0 Å². The number of hydrogen-bond donors (Lipinski definition) is 2. The molecule has 0 saturated heterocycles. The largest absolute Gasteiger partial charge is 0.475 e. The van der Waals surface area contributed by atoms with Gasteiger partial charge in [0.25, 0.3) is 0 Å². The molecule has 0 aliphatic rings. The molecule has 2 rings (SSSR count). The molecule has 0 aliphatic carbocycles. The molecule has 0 radical (unpaired) electrons. The first-order valence-electron chi connectivity index (χ1n) is 6.85. The molecular weight excluding hydrogens is 286 g/mol. The Labute approximate surface area is 127 Å². The summed E-state index contributed by atoms with van der Waals surface area (Å²) >= 11 is 0. The molecule has 0 fully saturated rings. The second-order valence-corrected chi connectivity index (χ2v) is 4.64. The predicted octanol–water partition coefficient (Wildman–Crippen LogP) is 1.85. The molecule has 0 atom stereocenters. The lowest BCUT2D eigenvalue weighted by molar-refractivity contribution is -0.125. The molecule has 2 N–H and O–H groups in total. The van der Waals surface area contributed by atoms with E-state index < -0.39 is 5.97 Å². The molecule has 1 aromatic heterocycles. The Bertz CT molecular complexity index is 620. The van der Waals surface area contributed by atoms with Crippen molar-refractivity contribution in [2.45, 2.75) is 13.0 Å². The molecule has 116 valence electrons. The molecule has 0 aliphatic heterocycles. The third kappa shape index (κ3) is 5.06. The molecule has 2 aromatic rings. The van der Waals surface area contributed by atoms with Gasteiger partial charge in [0.2, 0.25) is 11.7 Å². The van der Waals surface area contributed by atoms with Gasteiger partial charge in [-0.25, -0.2) is 4.79 Å². The van der Waals surface area contributed by atoms with Gasteiger partial charge in [-0.15, -0.1) is 0 Å². The van der Waals surface area contributed by atoms with Gasteiger partial charge < -0.3 is 19.6 Å². The summed E-state index contributed by atoms with van der Waals surface area (Å²) in [6, 6.07) is 12.7. The highest BCUT2D eigenvalue weighted by atomic mass is 16.5.